The van der Waals surface area contributed by atoms with E-state index in [0.29, 0.717) is 16.3 Å². The lowest BCUT2D eigenvalue weighted by Crippen LogP contribution is -2.39. The first kappa shape index (κ1) is 15.8. The van der Waals surface area contributed by atoms with Gasteiger partial charge in [-0.2, -0.15) is 5.10 Å². The molecule has 2 aromatic carbocycles. The highest BCUT2D eigenvalue weighted by atomic mass is 32.2. The predicted octanol–water partition coefficient (Wildman–Crippen LogP) is 2.74. The summed E-state index contributed by atoms with van der Waals surface area (Å²) < 4.78 is 0. The number of hydrogen-bond acceptors (Lipinski definition) is 6. The van der Waals surface area contributed by atoms with E-state index in [2.05, 4.69) is 20.8 Å². The number of carboxylic acids is 1. The Morgan fingerprint density at radius 1 is 1.15 bits per heavy atom. The zero-order valence-electron chi connectivity index (χ0n) is 13.8. The second kappa shape index (κ2) is 5.55. The van der Waals surface area contributed by atoms with Crippen LogP contribution in [0.1, 0.15) is 21.5 Å². The fraction of sp³-hybridized carbons (Fsp3) is 0.0526. The molecule has 1 amide bonds. The number of aromatic nitrogens is 1. The monoisotopic (exact) mass is 376 g/mol. The molecule has 7 nitrogen and oxygen atoms in total. The van der Waals surface area contributed by atoms with Gasteiger partial charge in [0.1, 0.15) is 5.04 Å². The zero-order chi connectivity index (χ0) is 18.6. The van der Waals surface area contributed by atoms with Crippen molar-refractivity contribution in [2.75, 3.05) is 5.32 Å². The fourth-order valence-electron chi connectivity index (χ4n) is 3.27. The van der Waals surface area contributed by atoms with Crippen LogP contribution in [0.5, 0.6) is 0 Å². The molecule has 3 heterocycles. The van der Waals surface area contributed by atoms with Crippen LogP contribution in [0.4, 0.5) is 5.69 Å². The van der Waals surface area contributed by atoms with Crippen LogP contribution in [0.15, 0.2) is 59.8 Å². The van der Waals surface area contributed by atoms with Crippen molar-refractivity contribution in [2.45, 2.75) is 4.87 Å². The number of pyridine rings is 1. The van der Waals surface area contributed by atoms with E-state index < -0.39 is 10.8 Å². The van der Waals surface area contributed by atoms with E-state index in [1.807, 2.05) is 30.3 Å². The van der Waals surface area contributed by atoms with Gasteiger partial charge in [0.05, 0.1) is 11.1 Å². The van der Waals surface area contributed by atoms with E-state index in [9.17, 15) is 14.7 Å². The van der Waals surface area contributed by atoms with E-state index in [1.165, 1.54) is 23.9 Å². The van der Waals surface area contributed by atoms with E-state index in [-0.39, 0.29) is 11.5 Å². The maximum atomic E-state index is 12.7. The Bertz CT molecular complexity index is 1180. The van der Waals surface area contributed by atoms with Gasteiger partial charge in [-0.25, -0.2) is 4.79 Å². The van der Waals surface area contributed by atoms with E-state index in [1.54, 1.807) is 12.3 Å². The largest absolute Gasteiger partial charge is 0.478 e. The fourth-order valence-corrected chi connectivity index (χ4v) is 4.41. The van der Waals surface area contributed by atoms with Crippen LogP contribution in [0.25, 0.3) is 10.9 Å². The molecule has 0 saturated carbocycles. The van der Waals surface area contributed by atoms with Gasteiger partial charge in [-0.15, -0.1) is 0 Å². The number of rotatable bonds is 2. The Morgan fingerprint density at radius 2 is 2.04 bits per heavy atom. The number of hydrogen-bond donors (Lipinski definition) is 3. The number of carbonyl (C=O) groups excluding carboxylic acids is 1. The third-order valence-electron chi connectivity index (χ3n) is 4.63. The summed E-state index contributed by atoms with van der Waals surface area (Å²) in [5.41, 5.74) is 5.95. The van der Waals surface area contributed by atoms with Gasteiger partial charge in [0.25, 0.3) is 5.91 Å². The third-order valence-corrected chi connectivity index (χ3v) is 5.95. The number of nitrogens with zero attached hydrogens (tertiary/aromatic N) is 2. The number of carboxylic acid groups (broad SMARTS) is 1. The van der Waals surface area contributed by atoms with E-state index in [0.717, 1.165) is 16.5 Å². The Hall–Kier alpha value is -3.39. The summed E-state index contributed by atoms with van der Waals surface area (Å²) in [7, 11) is 0. The van der Waals surface area contributed by atoms with Crippen molar-refractivity contribution in [3.63, 3.8) is 0 Å². The first-order chi connectivity index (χ1) is 13.1. The molecular weight excluding hydrogens is 364 g/mol. The highest BCUT2D eigenvalue weighted by Crippen LogP contribution is 2.48. The van der Waals surface area contributed by atoms with Crippen LogP contribution in [-0.4, -0.2) is 27.0 Å². The van der Waals surface area contributed by atoms with Crippen molar-refractivity contribution in [3.05, 3.63) is 71.4 Å². The molecule has 2 aliphatic heterocycles. The van der Waals surface area contributed by atoms with Gasteiger partial charge in [-0.05, 0) is 36.4 Å². The number of anilines is 1. The molecule has 0 saturated heterocycles. The van der Waals surface area contributed by atoms with Crippen molar-refractivity contribution in [1.82, 2.24) is 10.4 Å². The number of nitrogens with one attached hydrogen (secondary N) is 2. The average Bonchev–Trinajstić information content (AvgIpc) is 3.24. The average molecular weight is 376 g/mol. The minimum absolute atomic E-state index is 0.122. The molecule has 132 valence electrons. The van der Waals surface area contributed by atoms with Gasteiger partial charge in [0.2, 0.25) is 4.87 Å². The first-order valence-corrected chi connectivity index (χ1v) is 8.97. The molecule has 0 aliphatic carbocycles. The Balaban J connectivity index is 1.55. The van der Waals surface area contributed by atoms with Crippen molar-refractivity contribution in [3.8, 4) is 0 Å². The number of aromatic carboxylic acids is 1. The summed E-state index contributed by atoms with van der Waals surface area (Å²) in [4.78, 5) is 27.2. The van der Waals surface area contributed by atoms with Crippen molar-refractivity contribution < 1.29 is 14.7 Å². The van der Waals surface area contributed by atoms with Gasteiger partial charge in [0, 0.05) is 28.4 Å². The Kier molecular flexibility index (Phi) is 3.26. The molecule has 2 aliphatic rings. The number of thioether (sulfide) groups is 1. The van der Waals surface area contributed by atoms with Gasteiger partial charge < -0.3 is 10.4 Å². The van der Waals surface area contributed by atoms with Crippen LogP contribution in [0.2, 0.25) is 0 Å². The maximum absolute atomic E-state index is 12.7. The van der Waals surface area contributed by atoms with Crippen LogP contribution >= 0.6 is 11.8 Å². The zero-order valence-corrected chi connectivity index (χ0v) is 14.6. The second-order valence-electron chi connectivity index (χ2n) is 6.24. The Labute approximate surface area is 157 Å². The summed E-state index contributed by atoms with van der Waals surface area (Å²) in [6.07, 6.45) is 1.74. The SMILES string of the molecule is O=C(O)c1ccc2c(c1)C1(NN=C(c3ccc4ncccc4c3)S1)C(=O)N2. The number of amides is 1. The van der Waals surface area contributed by atoms with Crippen LogP contribution in [0, 0.1) is 0 Å². The highest BCUT2D eigenvalue weighted by molar-refractivity contribution is 8.16. The summed E-state index contributed by atoms with van der Waals surface area (Å²) >= 11 is 1.27. The molecule has 0 radical (unpaired) electrons. The molecule has 3 aromatic rings. The summed E-state index contributed by atoms with van der Waals surface area (Å²) in [5.74, 6) is -1.32. The third kappa shape index (κ3) is 2.30. The minimum Gasteiger partial charge on any atom is -0.478 e. The molecule has 1 atom stereocenters. The molecule has 1 aromatic heterocycles. The number of benzene rings is 2. The summed E-state index contributed by atoms with van der Waals surface area (Å²) in [6.45, 7) is 0. The van der Waals surface area contributed by atoms with Gasteiger partial charge in [-0.3, -0.25) is 15.2 Å². The number of carbonyl (C=O) groups is 2. The van der Waals surface area contributed by atoms with Crippen molar-refractivity contribution in [2.24, 2.45) is 5.10 Å². The van der Waals surface area contributed by atoms with E-state index >= 15 is 0 Å². The van der Waals surface area contributed by atoms with Gasteiger partial charge >= 0.3 is 5.97 Å². The molecular formula is C19H12N4O3S. The highest BCUT2D eigenvalue weighted by Gasteiger charge is 2.52. The molecule has 1 unspecified atom stereocenters. The Morgan fingerprint density at radius 3 is 2.89 bits per heavy atom. The lowest BCUT2D eigenvalue weighted by Gasteiger charge is -2.20. The van der Waals surface area contributed by atoms with Crippen LogP contribution < -0.4 is 10.7 Å². The smallest absolute Gasteiger partial charge is 0.335 e. The second-order valence-corrected chi connectivity index (χ2v) is 7.45. The standard InChI is InChI=1S/C19H12N4O3S/c24-17(25)12-4-6-15-13(9-12)19(18(26)21-15)23-22-16(27-19)11-3-5-14-10(8-11)2-1-7-20-14/h1-9,23H,(H,21,26)(H,24,25). The molecule has 0 bridgehead atoms. The molecule has 1 spiro atoms. The van der Waals surface area contributed by atoms with Gasteiger partial charge in [-0.1, -0.05) is 23.9 Å². The number of hydrazone groups is 1. The van der Waals surface area contributed by atoms with Crippen molar-refractivity contribution in [1.29, 1.82) is 0 Å². The molecule has 27 heavy (non-hydrogen) atoms. The van der Waals surface area contributed by atoms with E-state index in [4.69, 9.17) is 0 Å². The summed E-state index contributed by atoms with van der Waals surface area (Å²) in [5, 5.41) is 18.1. The van der Waals surface area contributed by atoms with Gasteiger partial charge in [0.15, 0.2) is 0 Å². The summed E-state index contributed by atoms with van der Waals surface area (Å²) in [6, 6.07) is 14.2. The topological polar surface area (TPSA) is 104 Å². The molecule has 5 rings (SSSR count). The molecule has 3 N–H and O–H groups in total. The van der Waals surface area contributed by atoms with Crippen LogP contribution in [-0.2, 0) is 9.67 Å². The lowest BCUT2D eigenvalue weighted by molar-refractivity contribution is -0.118. The lowest BCUT2D eigenvalue weighted by atomic mass is 10.0. The number of fused-ring (bicyclic) bond motifs is 3. The van der Waals surface area contributed by atoms with Crippen LogP contribution in [0.3, 0.4) is 0 Å². The maximum Gasteiger partial charge on any atom is 0.335 e. The first-order valence-electron chi connectivity index (χ1n) is 8.15. The normalized spacial score (nSPS) is 20.3. The molecule has 8 heteroatoms. The van der Waals surface area contributed by atoms with Crippen molar-refractivity contribution >= 4 is 45.3 Å². The quantitative estimate of drug-likeness (QED) is 0.635. The predicted molar refractivity (Wildman–Crippen MR) is 103 cm³/mol. The molecule has 0 fully saturated rings. The minimum atomic E-state index is -1.17.